The fourth-order valence-corrected chi connectivity index (χ4v) is 11.5. The summed E-state index contributed by atoms with van der Waals surface area (Å²) in [7, 11) is -2.10. The molecule has 5 nitrogen and oxygen atoms in total. The molecular weight excluding hydrogens is 466 g/mol. The van der Waals surface area contributed by atoms with E-state index in [1.54, 1.807) is 6.26 Å². The minimum Gasteiger partial charge on any atom is -0.543 e. The fourth-order valence-electron chi connectivity index (χ4n) is 6.25. The van der Waals surface area contributed by atoms with Crippen LogP contribution >= 0.6 is 0 Å². The predicted molar refractivity (Wildman–Crippen MR) is 151 cm³/mol. The van der Waals surface area contributed by atoms with Crippen molar-refractivity contribution in [3.05, 3.63) is 70.6 Å². The molecule has 0 saturated carbocycles. The summed E-state index contributed by atoms with van der Waals surface area (Å²) in [6.45, 7) is 14.8. The van der Waals surface area contributed by atoms with Crippen molar-refractivity contribution in [1.29, 1.82) is 0 Å². The van der Waals surface area contributed by atoms with Gasteiger partial charge >= 0.3 is 0 Å². The van der Waals surface area contributed by atoms with E-state index < -0.39 is 13.9 Å². The molecule has 3 aromatic rings. The largest absolute Gasteiger partial charge is 0.543 e. The van der Waals surface area contributed by atoms with Gasteiger partial charge < -0.3 is 18.8 Å². The summed E-state index contributed by atoms with van der Waals surface area (Å²) in [5.41, 5.74) is 2.85. The Morgan fingerprint density at radius 3 is 2.17 bits per heavy atom. The summed E-state index contributed by atoms with van der Waals surface area (Å²) in [4.78, 5) is 15.5. The Morgan fingerprint density at radius 2 is 1.58 bits per heavy atom. The van der Waals surface area contributed by atoms with Gasteiger partial charge in [-0.25, -0.2) is 0 Å². The Balaban J connectivity index is 1.54. The Hall–Kier alpha value is -2.57. The lowest BCUT2D eigenvalue weighted by Crippen LogP contribution is -2.50. The van der Waals surface area contributed by atoms with Crippen LogP contribution in [0.5, 0.6) is 5.75 Å². The molecule has 0 radical (unpaired) electrons. The van der Waals surface area contributed by atoms with Crippen molar-refractivity contribution in [2.75, 3.05) is 18.0 Å². The van der Waals surface area contributed by atoms with E-state index in [0.29, 0.717) is 65.6 Å². The quantitative estimate of drug-likeness (QED) is 0.335. The number of fused-ring (bicyclic) bond motifs is 1. The van der Waals surface area contributed by atoms with Crippen molar-refractivity contribution < 1.29 is 13.9 Å². The highest BCUT2D eigenvalue weighted by Gasteiger charge is 2.47. The average Bonchev–Trinajstić information content (AvgIpc) is 2.83. The van der Waals surface area contributed by atoms with E-state index in [-0.39, 0.29) is 5.43 Å². The summed E-state index contributed by atoms with van der Waals surface area (Å²) >= 11 is 0. The van der Waals surface area contributed by atoms with Crippen molar-refractivity contribution in [1.82, 2.24) is 0 Å². The van der Waals surface area contributed by atoms with Crippen LogP contribution in [-0.2, 0) is 6.42 Å². The minimum atomic E-state index is -2.10. The first-order valence-corrected chi connectivity index (χ1v) is 15.5. The van der Waals surface area contributed by atoms with Crippen LogP contribution in [0.1, 0.15) is 59.9 Å². The fraction of sp³-hybridized carbons (Fsp3) is 0.500. The second-order valence-corrected chi connectivity index (χ2v) is 16.8. The first kappa shape index (κ1) is 26.5. The molecule has 1 aliphatic heterocycles. The van der Waals surface area contributed by atoms with Crippen LogP contribution in [0.15, 0.2) is 64.0 Å². The molecule has 1 aromatic heterocycles. The van der Waals surface area contributed by atoms with Crippen molar-refractivity contribution in [2.24, 2.45) is 0 Å². The van der Waals surface area contributed by atoms with Crippen molar-refractivity contribution in [3.8, 4) is 5.75 Å². The Morgan fingerprint density at radius 1 is 0.972 bits per heavy atom. The number of benzene rings is 2. The molecule has 4 rings (SSSR count). The highest BCUT2D eigenvalue weighted by molar-refractivity contribution is 6.78. The molecule has 1 aliphatic rings. The number of hydrogen-bond donors (Lipinski definition) is 1. The molecule has 0 bridgehead atoms. The van der Waals surface area contributed by atoms with Crippen molar-refractivity contribution >= 4 is 25.0 Å². The molecule has 2 aromatic carbocycles. The third-order valence-electron chi connectivity index (χ3n) is 8.14. The molecule has 2 heterocycles. The van der Waals surface area contributed by atoms with Crippen molar-refractivity contribution in [2.45, 2.75) is 83.0 Å². The molecule has 0 aliphatic carbocycles. The molecule has 0 amide bonds. The second kappa shape index (κ2) is 10.4. The molecule has 36 heavy (non-hydrogen) atoms. The lowest BCUT2D eigenvalue weighted by molar-refractivity contribution is 0.0165. The first-order valence-electron chi connectivity index (χ1n) is 13.3. The number of rotatable bonds is 8. The zero-order valence-electron chi connectivity index (χ0n) is 22.6. The maximum Gasteiger partial charge on any atom is 0.258 e. The number of hydrogen-bond acceptors (Lipinski definition) is 5. The maximum absolute atomic E-state index is 13.4. The second-order valence-electron chi connectivity index (χ2n) is 11.4. The summed E-state index contributed by atoms with van der Waals surface area (Å²) in [5, 5.41) is 11.7. The summed E-state index contributed by atoms with van der Waals surface area (Å²) in [6.07, 6.45) is 3.43. The summed E-state index contributed by atoms with van der Waals surface area (Å²) < 4.78 is 12.8. The lowest BCUT2D eigenvalue weighted by Gasteiger charge is -2.42. The Kier molecular flexibility index (Phi) is 7.67. The van der Waals surface area contributed by atoms with Gasteiger partial charge in [-0.2, -0.15) is 0 Å². The molecule has 194 valence electrons. The molecule has 0 spiro atoms. The Bertz CT molecular complexity index is 1200. The van der Waals surface area contributed by atoms with Gasteiger partial charge in [0.2, 0.25) is 5.43 Å². The van der Waals surface area contributed by atoms with Crippen LogP contribution < -0.4 is 14.8 Å². The van der Waals surface area contributed by atoms with Gasteiger partial charge in [0, 0.05) is 25.6 Å². The van der Waals surface area contributed by atoms with Gasteiger partial charge in [0.1, 0.15) is 23.3 Å². The molecule has 1 N–H and O–H groups in total. The van der Waals surface area contributed by atoms with Gasteiger partial charge in [-0.1, -0.05) is 71.9 Å². The van der Waals surface area contributed by atoms with Crippen molar-refractivity contribution in [3.63, 3.8) is 0 Å². The van der Waals surface area contributed by atoms with Gasteiger partial charge in [-0.05, 0) is 47.2 Å². The van der Waals surface area contributed by atoms with Gasteiger partial charge in [-0.3, -0.25) is 4.79 Å². The molecule has 0 atom stereocenters. The van der Waals surface area contributed by atoms with Crippen LogP contribution in [-0.4, -0.2) is 32.1 Å². The van der Waals surface area contributed by atoms with Gasteiger partial charge in [0.15, 0.2) is 0 Å². The normalized spacial score (nSPS) is 16.3. The third kappa shape index (κ3) is 5.11. The van der Waals surface area contributed by atoms with Crippen LogP contribution in [0.2, 0.25) is 16.6 Å². The van der Waals surface area contributed by atoms with E-state index in [0.717, 1.165) is 11.3 Å². The van der Waals surface area contributed by atoms with Crippen LogP contribution in [0.4, 0.5) is 5.69 Å². The zero-order valence-corrected chi connectivity index (χ0v) is 23.6. The molecule has 1 saturated heterocycles. The molecular formula is C30H41NO4Si. The average molecular weight is 508 g/mol. The van der Waals surface area contributed by atoms with Crippen LogP contribution in [0.25, 0.3) is 11.0 Å². The SMILES string of the molecule is CC(C)[Si](Oc1ccc2c(=O)c(N3CCC(O)(Cc4ccccc4)CC3)coc2c1)(C(C)C)C(C)C. The molecule has 0 unspecified atom stereocenters. The smallest absolute Gasteiger partial charge is 0.258 e. The first-order chi connectivity index (χ1) is 17.1. The topological polar surface area (TPSA) is 62.9 Å². The number of piperidine rings is 1. The monoisotopic (exact) mass is 507 g/mol. The highest BCUT2D eigenvalue weighted by atomic mass is 28.4. The maximum atomic E-state index is 13.4. The predicted octanol–water partition coefficient (Wildman–Crippen LogP) is 6.92. The minimum absolute atomic E-state index is 0.0311. The van der Waals surface area contributed by atoms with E-state index in [1.807, 2.05) is 41.3 Å². The summed E-state index contributed by atoms with van der Waals surface area (Å²) in [5.74, 6) is 0.783. The summed E-state index contributed by atoms with van der Waals surface area (Å²) in [6, 6.07) is 15.7. The number of anilines is 1. The van der Waals surface area contributed by atoms with E-state index >= 15 is 0 Å². The zero-order chi connectivity index (χ0) is 26.1. The lowest BCUT2D eigenvalue weighted by atomic mass is 9.85. The number of nitrogens with zero attached hydrogens (tertiary/aromatic N) is 1. The van der Waals surface area contributed by atoms with E-state index in [2.05, 4.69) is 53.7 Å². The van der Waals surface area contributed by atoms with Gasteiger partial charge in [0.05, 0.1) is 11.0 Å². The van der Waals surface area contributed by atoms with Crippen LogP contribution in [0.3, 0.4) is 0 Å². The number of aliphatic hydroxyl groups is 1. The Labute approximate surface area is 216 Å². The van der Waals surface area contributed by atoms with E-state index in [4.69, 9.17) is 8.84 Å². The highest BCUT2D eigenvalue weighted by Crippen LogP contribution is 2.43. The van der Waals surface area contributed by atoms with E-state index in [9.17, 15) is 9.90 Å². The third-order valence-corrected chi connectivity index (χ3v) is 14.1. The van der Waals surface area contributed by atoms with Crippen LogP contribution in [0, 0.1) is 0 Å². The standard InChI is InChI=1S/C30H41NO4Si/c1-21(2)36(22(3)4,23(5)6)35-25-12-13-26-28(18-25)34-20-27(29(26)32)31-16-14-30(33,15-17-31)19-24-10-8-7-9-11-24/h7-13,18,20-23,33H,14-17,19H2,1-6H3. The van der Waals surface area contributed by atoms with Gasteiger partial charge in [0.25, 0.3) is 8.32 Å². The molecule has 6 heteroatoms. The molecule has 1 fully saturated rings. The van der Waals surface area contributed by atoms with Gasteiger partial charge in [-0.15, -0.1) is 0 Å². The van der Waals surface area contributed by atoms with E-state index in [1.165, 1.54) is 0 Å².